The van der Waals surface area contributed by atoms with E-state index in [2.05, 4.69) is 41.1 Å². The van der Waals surface area contributed by atoms with Crippen molar-refractivity contribution in [2.45, 2.75) is 21.1 Å². The van der Waals surface area contributed by atoms with Crippen molar-refractivity contribution >= 4 is 98.4 Å². The first-order valence-corrected chi connectivity index (χ1v) is 21.7. The van der Waals surface area contributed by atoms with Gasteiger partial charge in [-0.1, -0.05) is 18.2 Å². The van der Waals surface area contributed by atoms with Crippen LogP contribution in [-0.4, -0.2) is 78.5 Å². The zero-order valence-electron chi connectivity index (χ0n) is 32.8. The van der Waals surface area contributed by atoms with Gasteiger partial charge in [0.05, 0.1) is 30.8 Å². The molecule has 0 saturated carbocycles. The average Bonchev–Trinajstić information content (AvgIpc) is 3.13. The van der Waals surface area contributed by atoms with Crippen molar-refractivity contribution in [1.29, 1.82) is 0 Å². The van der Waals surface area contributed by atoms with E-state index in [-0.39, 0.29) is 147 Å². The first-order chi connectivity index (χ1) is 27.5. The number of rotatable bonds is 12. The Labute approximate surface area is 451 Å². The number of carbonyl (C=O) groups excluding carboxylic acids is 2. The third kappa shape index (κ3) is 14.4. The van der Waals surface area contributed by atoms with E-state index in [1.807, 2.05) is 0 Å². The van der Waals surface area contributed by atoms with Gasteiger partial charge in [0, 0.05) is 23.4 Å². The molecular weight excluding hydrogens is 976 g/mol. The van der Waals surface area contributed by atoms with Crippen LogP contribution >= 0.6 is 11.6 Å². The van der Waals surface area contributed by atoms with Crippen LogP contribution in [-0.2, 0) is 46.9 Å². The number of hydrogen-bond acceptors (Lipinski definition) is 21. The van der Waals surface area contributed by atoms with E-state index < -0.39 is 112 Å². The van der Waals surface area contributed by atoms with E-state index in [0.29, 0.717) is 12.1 Å². The normalized spacial score (nSPS) is 12.7. The number of nitrogens with zero attached hydrogens (tertiary/aromatic N) is 5. The fraction of sp³-hybridized carbons (Fsp3) is 0.0312. The van der Waals surface area contributed by atoms with Crippen LogP contribution in [0.3, 0.4) is 0 Å². The number of hydrogen-bond donors (Lipinski definition) is 3. The zero-order valence-corrected chi connectivity index (χ0v) is 44.8. The summed E-state index contributed by atoms with van der Waals surface area (Å²) in [6, 6.07) is 15.6. The molecule has 1 aliphatic rings. The molecule has 1 aromatic heterocycles. The van der Waals surface area contributed by atoms with Crippen molar-refractivity contribution in [3.05, 3.63) is 118 Å². The minimum absolute atomic E-state index is 0. The summed E-state index contributed by atoms with van der Waals surface area (Å²) in [6.07, 6.45) is -1.05. The van der Waals surface area contributed by atoms with E-state index in [0.717, 1.165) is 30.3 Å². The maximum absolute atomic E-state index is 14.0. The number of nitrogens with one attached hydrogen (secondary N) is 3. The number of ketones is 1. The molecule has 0 bridgehead atoms. The van der Waals surface area contributed by atoms with Gasteiger partial charge in [-0.25, -0.2) is 33.7 Å². The van der Waals surface area contributed by atoms with E-state index >= 15 is 0 Å². The van der Waals surface area contributed by atoms with Gasteiger partial charge >= 0.3 is 118 Å². The third-order valence-corrected chi connectivity index (χ3v) is 11.5. The molecule has 3 N–H and O–H groups in total. The molecule has 1 heterocycles. The van der Waals surface area contributed by atoms with E-state index in [9.17, 15) is 61.5 Å². The number of Topliss-reactive ketones (excluding diaryl/α,β-unsaturated/α-hetero) is 1. The molecule has 306 valence electrons. The molecule has 0 saturated heterocycles. The summed E-state index contributed by atoms with van der Waals surface area (Å²) in [6.45, 7) is 0. The molecule has 0 radical (unpaired) electrons. The number of anilines is 5. The van der Waals surface area contributed by atoms with Gasteiger partial charge in [-0.05, 0) is 83.9 Å². The van der Waals surface area contributed by atoms with Crippen molar-refractivity contribution in [1.82, 2.24) is 15.0 Å². The van der Waals surface area contributed by atoms with Gasteiger partial charge in [0.15, 0.2) is 0 Å². The quantitative estimate of drug-likeness (QED) is 0.0593. The number of carbonyl (C=O) groups is 2. The summed E-state index contributed by atoms with van der Waals surface area (Å²) >= 11 is 6.02. The number of amides is 1. The smallest absolute Gasteiger partial charge is 0.744 e. The second-order valence-corrected chi connectivity index (χ2v) is 17.7. The number of fused-ring (bicyclic) bond motifs is 1. The molecule has 1 amide bonds. The largest absolute Gasteiger partial charge is 1.00 e. The van der Waals surface area contributed by atoms with Crippen LogP contribution in [0.1, 0.15) is 26.3 Å². The second-order valence-electron chi connectivity index (χ2n) is 11.8. The van der Waals surface area contributed by atoms with Crippen molar-refractivity contribution in [2.24, 2.45) is 10.2 Å². The molecule has 31 heteroatoms. The molecule has 4 aromatic carbocycles. The van der Waals surface area contributed by atoms with Crippen molar-refractivity contribution < 1.29 is 180 Å². The van der Waals surface area contributed by atoms with Gasteiger partial charge in [-0.15, -0.1) is 10.2 Å². The van der Waals surface area contributed by atoms with Crippen molar-refractivity contribution in [3.63, 3.8) is 0 Å². The van der Waals surface area contributed by atoms with Gasteiger partial charge in [0.25, 0.3) is 5.91 Å². The van der Waals surface area contributed by atoms with Crippen molar-refractivity contribution in [3.8, 4) is 0 Å². The van der Waals surface area contributed by atoms with Crippen LogP contribution in [0.4, 0.5) is 34.6 Å². The Hall–Kier alpha value is -2.10. The molecule has 22 nitrogen and oxygen atoms in total. The zero-order chi connectivity index (χ0) is 43.1. The number of allylic oxidation sites excluding steroid dienone is 2. The molecule has 0 spiro atoms. The predicted molar refractivity (Wildman–Crippen MR) is 198 cm³/mol. The second kappa shape index (κ2) is 22.6. The number of halogens is 1. The molecule has 0 atom stereocenters. The summed E-state index contributed by atoms with van der Waals surface area (Å²) in [5.74, 6) is -2.89. The molecular formula is C32H19ClN8Na4O14S4. The minimum Gasteiger partial charge on any atom is -0.744 e. The number of benzene rings is 4. The fourth-order valence-electron chi connectivity index (χ4n) is 5.33. The van der Waals surface area contributed by atoms with Gasteiger partial charge in [-0.2, -0.15) is 15.0 Å². The summed E-state index contributed by atoms with van der Waals surface area (Å²) < 4.78 is 144. The van der Waals surface area contributed by atoms with Gasteiger partial charge in [0.2, 0.25) is 23.0 Å². The molecule has 0 unspecified atom stereocenters. The predicted octanol–water partition coefficient (Wildman–Crippen LogP) is -8.73. The molecule has 0 aliphatic heterocycles. The Morgan fingerprint density at radius 3 is 1.73 bits per heavy atom. The van der Waals surface area contributed by atoms with Crippen LogP contribution < -0.4 is 134 Å². The first kappa shape index (κ1) is 57.0. The fourth-order valence-corrected chi connectivity index (χ4v) is 7.80. The minimum atomic E-state index is -5.64. The molecule has 63 heavy (non-hydrogen) atoms. The van der Waals surface area contributed by atoms with Crippen LogP contribution in [0, 0.1) is 0 Å². The van der Waals surface area contributed by atoms with E-state index in [4.69, 9.17) is 11.6 Å². The number of azo groups is 1. The van der Waals surface area contributed by atoms with Gasteiger partial charge in [-0.3, -0.25) is 9.59 Å². The Morgan fingerprint density at radius 2 is 1.19 bits per heavy atom. The number of aromatic nitrogens is 3. The Kier molecular flexibility index (Phi) is 20.5. The first-order valence-electron chi connectivity index (χ1n) is 15.7. The maximum Gasteiger partial charge on any atom is 1.00 e. The molecule has 0 fully saturated rings. The molecule has 5 aromatic rings. The Balaban J connectivity index is 0.00000341. The van der Waals surface area contributed by atoms with Crippen LogP contribution in [0.25, 0.3) is 0 Å². The molecule has 1 aliphatic carbocycles. The monoisotopic (exact) mass is 994 g/mol. The van der Waals surface area contributed by atoms with Gasteiger partial charge in [0.1, 0.15) is 51.9 Å². The summed E-state index contributed by atoms with van der Waals surface area (Å²) in [4.78, 5) is 35.0. The molecule has 6 rings (SSSR count). The average molecular weight is 995 g/mol. The van der Waals surface area contributed by atoms with E-state index in [1.165, 1.54) is 36.4 Å². The van der Waals surface area contributed by atoms with Crippen molar-refractivity contribution in [2.75, 3.05) is 16.0 Å². The summed E-state index contributed by atoms with van der Waals surface area (Å²) in [7, 11) is -21.1. The standard InChI is InChI=1S/C32H23ClN8O14S4.4Na/c33-30-37-31(34-18-6-9-20(10-7-18)56(44,45)46)39-32(38-30)35-19-8-11-24(58(50,51)52)22(14-19)40-41-27-25(59(53,54)55)13-17-12-21(57(47,48)49)15-23(26(17)28(27)42)36-29(43)16-4-2-1-3-5-16;;;;/h1-12,14-15H,13H2,(H,36,43)(H,44,45,46)(H,47,48,49)(H,50,51,52)(H,53,54,55)(H2,34,35,37,38,39);;;;/q;4*+1/p-4. The Morgan fingerprint density at radius 1 is 0.635 bits per heavy atom. The maximum atomic E-state index is 14.0. The topological polar surface area (TPSA) is 362 Å². The van der Waals surface area contributed by atoms with Crippen LogP contribution in [0.5, 0.6) is 0 Å². The summed E-state index contributed by atoms with van der Waals surface area (Å²) in [5, 5.41) is 14.4. The Bertz CT molecular complexity index is 3120. The SMILES string of the molecule is O=C(Nc1cc(S(=O)(=O)[O-])cc2c1C(=O)C(N=Nc1cc(Nc3nc(Cl)nc(Nc4ccc(S(=O)(=O)[O-])cc4)n3)ccc1S(=O)(=O)[O-])=C(S(=O)(=O)[O-])C2)c1ccccc1.[Na+].[Na+].[Na+].[Na+]. The van der Waals surface area contributed by atoms with Crippen LogP contribution in [0.15, 0.2) is 120 Å². The van der Waals surface area contributed by atoms with Crippen LogP contribution in [0.2, 0.25) is 5.28 Å². The van der Waals surface area contributed by atoms with E-state index in [1.54, 1.807) is 6.07 Å². The third-order valence-electron chi connectivity index (χ3n) is 7.87. The van der Waals surface area contributed by atoms with Gasteiger partial charge < -0.3 is 34.2 Å². The summed E-state index contributed by atoms with van der Waals surface area (Å²) in [5.41, 5.74) is -3.65.